The first-order valence-corrected chi connectivity index (χ1v) is 6.35. The Morgan fingerprint density at radius 3 is 2.40 bits per heavy atom. The number of nitrogens with zero attached hydrogens (tertiary/aromatic N) is 2. The van der Waals surface area contributed by atoms with E-state index in [0.717, 1.165) is 6.04 Å². The van der Waals surface area contributed by atoms with E-state index in [4.69, 9.17) is 0 Å². The molecule has 0 aromatic heterocycles. The second-order valence-electron chi connectivity index (χ2n) is 5.81. The average Bonchev–Trinajstić information content (AvgIpc) is 2.65. The van der Waals surface area contributed by atoms with Crippen molar-refractivity contribution in [2.75, 3.05) is 20.1 Å². The van der Waals surface area contributed by atoms with Crippen LogP contribution in [0.1, 0.15) is 47.5 Å². The van der Waals surface area contributed by atoms with Gasteiger partial charge in [-0.3, -0.25) is 9.80 Å². The molecule has 2 heteroatoms. The van der Waals surface area contributed by atoms with Crippen LogP contribution in [-0.4, -0.2) is 47.6 Å². The van der Waals surface area contributed by atoms with E-state index in [0.29, 0.717) is 11.6 Å². The smallest absolute Gasteiger partial charge is 0.0237 e. The molecule has 0 spiro atoms. The first-order valence-electron chi connectivity index (χ1n) is 6.35. The van der Waals surface area contributed by atoms with E-state index >= 15 is 0 Å². The molecule has 1 fully saturated rings. The molecule has 0 bridgehead atoms. The highest BCUT2D eigenvalue weighted by molar-refractivity contribution is 4.89. The zero-order valence-corrected chi connectivity index (χ0v) is 11.4. The van der Waals surface area contributed by atoms with Crippen molar-refractivity contribution in [3.63, 3.8) is 0 Å². The third kappa shape index (κ3) is 2.94. The summed E-state index contributed by atoms with van der Waals surface area (Å²) in [6.07, 6.45) is 2.56. The predicted octanol–water partition coefficient (Wildman–Crippen LogP) is 2.59. The van der Waals surface area contributed by atoms with Gasteiger partial charge in [0.1, 0.15) is 0 Å². The fourth-order valence-corrected chi connectivity index (χ4v) is 2.30. The summed E-state index contributed by atoms with van der Waals surface area (Å²) in [5.74, 6) is 0. The maximum Gasteiger partial charge on any atom is 0.0237 e. The van der Waals surface area contributed by atoms with Crippen LogP contribution in [0.4, 0.5) is 0 Å². The van der Waals surface area contributed by atoms with Crippen LogP contribution in [0.2, 0.25) is 0 Å². The first-order chi connectivity index (χ1) is 6.88. The first kappa shape index (κ1) is 13.0. The minimum atomic E-state index is 0.345. The highest BCUT2D eigenvalue weighted by atomic mass is 15.3. The summed E-state index contributed by atoms with van der Waals surface area (Å²) in [7, 11) is 2.29. The third-order valence-corrected chi connectivity index (χ3v) is 4.29. The molecule has 0 N–H and O–H groups in total. The summed E-state index contributed by atoms with van der Waals surface area (Å²) in [5.41, 5.74) is 0.345. The number of hydrogen-bond acceptors (Lipinski definition) is 2. The normalized spacial score (nSPS) is 24.4. The van der Waals surface area contributed by atoms with Crippen molar-refractivity contribution in [3.05, 3.63) is 0 Å². The summed E-state index contributed by atoms with van der Waals surface area (Å²) in [6.45, 7) is 14.1. The van der Waals surface area contributed by atoms with Crippen LogP contribution in [0.15, 0.2) is 0 Å². The lowest BCUT2D eigenvalue weighted by Crippen LogP contribution is -2.48. The molecule has 1 saturated heterocycles. The summed E-state index contributed by atoms with van der Waals surface area (Å²) in [5, 5.41) is 0. The number of rotatable bonds is 4. The van der Waals surface area contributed by atoms with Gasteiger partial charge in [0.2, 0.25) is 0 Å². The fraction of sp³-hybridized carbons (Fsp3) is 1.00. The molecular weight excluding hydrogens is 184 g/mol. The van der Waals surface area contributed by atoms with Crippen molar-refractivity contribution in [1.29, 1.82) is 0 Å². The van der Waals surface area contributed by atoms with E-state index < -0.39 is 0 Å². The fourth-order valence-electron chi connectivity index (χ4n) is 2.30. The Kier molecular flexibility index (Phi) is 4.19. The van der Waals surface area contributed by atoms with Gasteiger partial charge >= 0.3 is 0 Å². The van der Waals surface area contributed by atoms with Crippen LogP contribution >= 0.6 is 0 Å². The standard InChI is InChI=1S/C13H28N2/c1-7-13(4,5)14(6)12-8-9-15(10-12)11(2)3/h11-12H,7-10H2,1-6H3/t12-/m1/s1. The van der Waals surface area contributed by atoms with Crippen LogP contribution in [0.3, 0.4) is 0 Å². The minimum Gasteiger partial charge on any atom is -0.299 e. The average molecular weight is 212 g/mol. The second kappa shape index (κ2) is 4.84. The van der Waals surface area contributed by atoms with Gasteiger partial charge in [0, 0.05) is 30.7 Å². The van der Waals surface area contributed by atoms with E-state index in [1.165, 1.54) is 25.9 Å². The summed E-state index contributed by atoms with van der Waals surface area (Å²) >= 11 is 0. The summed E-state index contributed by atoms with van der Waals surface area (Å²) in [4.78, 5) is 5.17. The van der Waals surface area contributed by atoms with Crippen molar-refractivity contribution in [2.24, 2.45) is 0 Å². The van der Waals surface area contributed by atoms with Crippen molar-refractivity contribution < 1.29 is 0 Å². The predicted molar refractivity (Wildman–Crippen MR) is 67.2 cm³/mol. The quantitative estimate of drug-likeness (QED) is 0.707. The maximum absolute atomic E-state index is 2.59. The second-order valence-corrected chi connectivity index (χ2v) is 5.81. The molecule has 1 atom stereocenters. The van der Waals surface area contributed by atoms with Crippen molar-refractivity contribution in [2.45, 2.75) is 65.1 Å². The van der Waals surface area contributed by atoms with Gasteiger partial charge in [-0.1, -0.05) is 6.92 Å². The van der Waals surface area contributed by atoms with Gasteiger partial charge < -0.3 is 0 Å². The summed E-state index contributed by atoms with van der Waals surface area (Å²) in [6, 6.07) is 1.45. The maximum atomic E-state index is 2.59. The molecule has 1 aliphatic rings. The Morgan fingerprint density at radius 1 is 1.40 bits per heavy atom. The van der Waals surface area contributed by atoms with Gasteiger partial charge in [0.05, 0.1) is 0 Å². The molecule has 0 saturated carbocycles. The highest BCUT2D eigenvalue weighted by Gasteiger charge is 2.33. The van der Waals surface area contributed by atoms with Gasteiger partial charge in [0.25, 0.3) is 0 Å². The molecule has 1 rings (SSSR count). The molecule has 0 aromatic carbocycles. The molecule has 0 radical (unpaired) electrons. The van der Waals surface area contributed by atoms with Crippen LogP contribution in [-0.2, 0) is 0 Å². The molecular formula is C13H28N2. The molecule has 90 valence electrons. The van der Waals surface area contributed by atoms with Crippen molar-refractivity contribution in [1.82, 2.24) is 9.80 Å². The van der Waals surface area contributed by atoms with E-state index in [2.05, 4.69) is 51.5 Å². The van der Waals surface area contributed by atoms with E-state index in [1.54, 1.807) is 0 Å². The van der Waals surface area contributed by atoms with Crippen LogP contribution in [0, 0.1) is 0 Å². The van der Waals surface area contributed by atoms with Gasteiger partial charge in [0.15, 0.2) is 0 Å². The molecule has 0 amide bonds. The molecule has 15 heavy (non-hydrogen) atoms. The van der Waals surface area contributed by atoms with E-state index in [1.807, 2.05) is 0 Å². The van der Waals surface area contributed by atoms with Gasteiger partial charge in [-0.15, -0.1) is 0 Å². The SMILES string of the molecule is CCC(C)(C)N(C)[C@@H]1CCN(C(C)C)C1. The number of hydrogen-bond donors (Lipinski definition) is 0. The zero-order chi connectivity index (χ0) is 11.6. The Hall–Kier alpha value is -0.0800. The molecule has 1 heterocycles. The number of likely N-dealkylation sites (tertiary alicyclic amines) is 1. The lowest BCUT2D eigenvalue weighted by Gasteiger charge is -2.39. The monoisotopic (exact) mass is 212 g/mol. The van der Waals surface area contributed by atoms with Crippen LogP contribution < -0.4 is 0 Å². The van der Waals surface area contributed by atoms with Crippen molar-refractivity contribution >= 4 is 0 Å². The van der Waals surface area contributed by atoms with Gasteiger partial charge in [-0.25, -0.2) is 0 Å². The Labute approximate surface area is 95.6 Å². The Morgan fingerprint density at radius 2 is 2.00 bits per heavy atom. The van der Waals surface area contributed by atoms with E-state index in [9.17, 15) is 0 Å². The number of likely N-dealkylation sites (N-methyl/N-ethyl adjacent to an activating group) is 1. The Bertz CT molecular complexity index is 199. The molecule has 0 unspecified atom stereocenters. The lowest BCUT2D eigenvalue weighted by molar-refractivity contribution is 0.0968. The van der Waals surface area contributed by atoms with Gasteiger partial charge in [-0.05, 0) is 47.6 Å². The summed E-state index contributed by atoms with van der Waals surface area (Å²) < 4.78 is 0. The van der Waals surface area contributed by atoms with Crippen LogP contribution in [0.5, 0.6) is 0 Å². The van der Waals surface area contributed by atoms with Gasteiger partial charge in [-0.2, -0.15) is 0 Å². The topological polar surface area (TPSA) is 6.48 Å². The molecule has 0 aliphatic carbocycles. The third-order valence-electron chi connectivity index (χ3n) is 4.29. The zero-order valence-electron chi connectivity index (χ0n) is 11.4. The molecule has 1 aliphatic heterocycles. The van der Waals surface area contributed by atoms with E-state index in [-0.39, 0.29) is 0 Å². The molecule has 0 aromatic rings. The van der Waals surface area contributed by atoms with Crippen molar-refractivity contribution in [3.8, 4) is 0 Å². The molecule has 2 nitrogen and oxygen atoms in total. The largest absolute Gasteiger partial charge is 0.299 e. The highest BCUT2D eigenvalue weighted by Crippen LogP contribution is 2.25. The lowest BCUT2D eigenvalue weighted by atomic mass is 9.97. The minimum absolute atomic E-state index is 0.345. The van der Waals surface area contributed by atoms with Crippen LogP contribution in [0.25, 0.3) is 0 Å². The Balaban J connectivity index is 2.53.